The van der Waals surface area contributed by atoms with E-state index in [1.807, 2.05) is 45.9 Å². The Labute approximate surface area is 371 Å². The summed E-state index contributed by atoms with van der Waals surface area (Å²) in [5.41, 5.74) is 28.5. The van der Waals surface area contributed by atoms with Crippen molar-refractivity contribution in [3.05, 3.63) is 68.3 Å². The molecule has 0 aromatic carbocycles. The SMILES string of the molecule is Cc1nc(N2CCC3(CC2)CO[C@@H](C)[C@H]3N)nc(C(N)=O)c1C1=C(Cl)C(Cl)=CCC1.Cc1nc(N2CCC3(CC2)CO[C@@H](C)[C@H]3N)nc(C(N)=O)c1C1=CC=C[C@H](Cl)[C@@H]1Cl. The molecule has 8 N–H and O–H groups in total. The van der Waals surface area contributed by atoms with Crippen molar-refractivity contribution in [1.82, 2.24) is 19.9 Å². The number of aryl methyl sites for hydroxylation is 2. The maximum atomic E-state index is 12.3. The Morgan fingerprint density at radius 2 is 1.23 bits per heavy atom. The van der Waals surface area contributed by atoms with E-state index in [1.165, 1.54) is 0 Å². The van der Waals surface area contributed by atoms with Gasteiger partial charge in [0.1, 0.15) is 11.4 Å². The molecule has 0 radical (unpaired) electrons. The van der Waals surface area contributed by atoms with E-state index < -0.39 is 17.2 Å². The van der Waals surface area contributed by atoms with E-state index in [0.29, 0.717) is 69.7 Å². The van der Waals surface area contributed by atoms with Crippen LogP contribution >= 0.6 is 46.4 Å². The molecule has 6 atom stereocenters. The van der Waals surface area contributed by atoms with Gasteiger partial charge < -0.3 is 42.2 Å². The van der Waals surface area contributed by atoms with Crippen LogP contribution in [-0.2, 0) is 9.47 Å². The lowest BCUT2D eigenvalue weighted by Crippen LogP contribution is -2.51. The van der Waals surface area contributed by atoms with Crippen LogP contribution in [0.1, 0.15) is 95.9 Å². The molecule has 2 aromatic rings. The van der Waals surface area contributed by atoms with Gasteiger partial charge in [-0.1, -0.05) is 47.5 Å². The number of primary amides is 2. The smallest absolute Gasteiger partial charge is 0.268 e. The van der Waals surface area contributed by atoms with Crippen molar-refractivity contribution in [1.29, 1.82) is 0 Å². The van der Waals surface area contributed by atoms with E-state index in [0.717, 1.165) is 63.9 Å². The number of halogens is 4. The van der Waals surface area contributed by atoms with Crippen LogP contribution in [-0.4, -0.2) is 106 Å². The first-order valence-corrected chi connectivity index (χ1v) is 22.1. The summed E-state index contributed by atoms with van der Waals surface area (Å²) in [6, 6.07) is 0.0605. The van der Waals surface area contributed by atoms with Gasteiger partial charge in [-0.05, 0) is 77.4 Å². The zero-order valence-electron chi connectivity index (χ0n) is 34.4. The first-order chi connectivity index (χ1) is 28.5. The molecule has 18 heteroatoms. The molecule has 8 rings (SSSR count). The van der Waals surface area contributed by atoms with Crippen LogP contribution in [0.15, 0.2) is 34.4 Å². The van der Waals surface area contributed by atoms with Gasteiger partial charge in [-0.2, -0.15) is 0 Å². The number of carbonyl (C=O) groups excluding carboxylic acids is 2. The highest BCUT2D eigenvalue weighted by atomic mass is 35.5. The molecule has 4 aliphatic heterocycles. The van der Waals surface area contributed by atoms with Crippen molar-refractivity contribution < 1.29 is 19.1 Å². The molecule has 4 fully saturated rings. The average Bonchev–Trinajstić information content (AvgIpc) is 3.65. The third-order valence-electron chi connectivity index (χ3n) is 13.3. The van der Waals surface area contributed by atoms with Crippen LogP contribution in [0.5, 0.6) is 0 Å². The summed E-state index contributed by atoms with van der Waals surface area (Å²) in [4.78, 5) is 47.3. The van der Waals surface area contributed by atoms with Gasteiger partial charge in [-0.3, -0.25) is 9.59 Å². The lowest BCUT2D eigenvalue weighted by molar-refractivity contribution is 0.0971. The van der Waals surface area contributed by atoms with Gasteiger partial charge in [-0.15, -0.1) is 23.2 Å². The number of aromatic nitrogens is 4. The molecule has 2 spiro atoms. The predicted octanol–water partition coefficient (Wildman–Crippen LogP) is 5.47. The second kappa shape index (κ2) is 17.8. The lowest BCUT2D eigenvalue weighted by Gasteiger charge is -2.41. The van der Waals surface area contributed by atoms with E-state index in [1.54, 1.807) is 6.08 Å². The summed E-state index contributed by atoms with van der Waals surface area (Å²) in [6.07, 6.45) is 12.4. The monoisotopic (exact) mass is 902 g/mol. The van der Waals surface area contributed by atoms with Crippen LogP contribution in [0, 0.1) is 24.7 Å². The molecule has 324 valence electrons. The highest BCUT2D eigenvalue weighted by Gasteiger charge is 2.49. The molecule has 2 aliphatic carbocycles. The Morgan fingerprint density at radius 1 is 0.767 bits per heavy atom. The van der Waals surface area contributed by atoms with E-state index in [4.69, 9.17) is 88.8 Å². The summed E-state index contributed by atoms with van der Waals surface area (Å²) in [6.45, 7) is 12.1. The molecule has 60 heavy (non-hydrogen) atoms. The number of ether oxygens (including phenoxy) is 2. The number of nitrogens with two attached hydrogens (primary N) is 4. The number of hydrogen-bond donors (Lipinski definition) is 4. The zero-order valence-corrected chi connectivity index (χ0v) is 37.4. The fourth-order valence-corrected chi connectivity index (χ4v) is 10.5. The lowest BCUT2D eigenvalue weighted by atomic mass is 9.73. The molecule has 0 unspecified atom stereocenters. The van der Waals surface area contributed by atoms with Crippen LogP contribution in [0.4, 0.5) is 11.9 Å². The summed E-state index contributed by atoms with van der Waals surface area (Å²) < 4.78 is 11.6. The van der Waals surface area contributed by atoms with E-state index in [2.05, 4.69) is 19.8 Å². The predicted molar refractivity (Wildman–Crippen MR) is 237 cm³/mol. The molecular formula is C42H54Cl4N10O4. The third kappa shape index (κ3) is 8.43. The molecule has 2 amide bonds. The molecule has 14 nitrogen and oxygen atoms in total. The highest BCUT2D eigenvalue weighted by Crippen LogP contribution is 2.44. The van der Waals surface area contributed by atoms with Crippen LogP contribution in [0.3, 0.4) is 0 Å². The van der Waals surface area contributed by atoms with Crippen LogP contribution in [0.25, 0.3) is 11.1 Å². The van der Waals surface area contributed by atoms with Gasteiger partial charge in [0.05, 0.1) is 57.6 Å². The zero-order chi connectivity index (χ0) is 43.3. The minimum atomic E-state index is -0.615. The van der Waals surface area contributed by atoms with Gasteiger partial charge in [0, 0.05) is 60.2 Å². The van der Waals surface area contributed by atoms with E-state index in [-0.39, 0.29) is 51.9 Å². The van der Waals surface area contributed by atoms with Crippen molar-refractivity contribution in [2.45, 2.75) is 101 Å². The first-order valence-electron chi connectivity index (χ1n) is 20.5. The summed E-state index contributed by atoms with van der Waals surface area (Å²) >= 11 is 25.4. The van der Waals surface area contributed by atoms with Crippen LogP contribution < -0.4 is 32.7 Å². The largest absolute Gasteiger partial charge is 0.376 e. The number of anilines is 2. The summed E-state index contributed by atoms with van der Waals surface area (Å²) in [5.74, 6) is -0.209. The number of piperidine rings is 2. The van der Waals surface area contributed by atoms with Gasteiger partial charge in [0.25, 0.3) is 11.8 Å². The van der Waals surface area contributed by atoms with E-state index in [9.17, 15) is 9.59 Å². The van der Waals surface area contributed by atoms with Crippen molar-refractivity contribution in [3.63, 3.8) is 0 Å². The van der Waals surface area contributed by atoms with Gasteiger partial charge in [0.15, 0.2) is 0 Å². The van der Waals surface area contributed by atoms with E-state index >= 15 is 0 Å². The van der Waals surface area contributed by atoms with Crippen molar-refractivity contribution in [3.8, 4) is 0 Å². The van der Waals surface area contributed by atoms with Crippen molar-refractivity contribution in [2.75, 3.05) is 49.2 Å². The number of hydrogen-bond acceptors (Lipinski definition) is 12. The number of nitrogens with zero attached hydrogens (tertiary/aromatic N) is 6. The summed E-state index contributed by atoms with van der Waals surface area (Å²) in [5, 5.41) is 0.0187. The number of allylic oxidation sites excluding steroid dienone is 8. The molecule has 0 bridgehead atoms. The Balaban J connectivity index is 0.000000181. The molecule has 4 saturated heterocycles. The second-order valence-corrected chi connectivity index (χ2v) is 18.7. The standard InChI is InChI=1S/2C21H27Cl2N5O2/c2*1-11-15(13-4-3-5-14(22)16(13)23)17(19(25)29)27-20(26-11)28-8-6-21(7-9-28)10-30-12(2)18(21)24/h5,12,18H,3-4,6-10,24H2,1-2H3,(H2,25,29);3-5,12,14,16,18H,6-10,24H2,1-2H3,(H2,25,29)/t12-,18+;12-,14-,16+,18+/m00/s1. The van der Waals surface area contributed by atoms with Crippen LogP contribution in [0.2, 0.25) is 0 Å². The minimum Gasteiger partial charge on any atom is -0.376 e. The molecule has 2 aromatic heterocycles. The number of alkyl halides is 2. The average molecular weight is 905 g/mol. The highest BCUT2D eigenvalue weighted by molar-refractivity contribution is 6.46. The van der Waals surface area contributed by atoms with Crippen molar-refractivity contribution >= 4 is 81.3 Å². The quantitative estimate of drug-likeness (QED) is 0.266. The molecule has 6 heterocycles. The summed E-state index contributed by atoms with van der Waals surface area (Å²) in [7, 11) is 0. The normalized spacial score (nSPS) is 28.4. The fourth-order valence-electron chi connectivity index (χ4n) is 9.48. The molecule has 6 aliphatic rings. The minimum absolute atomic E-state index is 0.000930. The number of rotatable bonds is 6. The van der Waals surface area contributed by atoms with Gasteiger partial charge >= 0.3 is 0 Å². The Kier molecular flexibility index (Phi) is 13.3. The third-order valence-corrected chi connectivity index (χ3v) is 15.2. The fraction of sp³-hybridized carbons (Fsp3) is 0.571. The number of carbonyl (C=O) groups is 2. The number of amides is 2. The topological polar surface area (TPSA) is 215 Å². The maximum absolute atomic E-state index is 12.3. The Hall–Kier alpha value is -3.34. The Morgan fingerprint density at radius 3 is 1.68 bits per heavy atom. The first kappa shape index (κ1) is 44.7. The Bertz CT molecular complexity index is 2150. The van der Waals surface area contributed by atoms with Gasteiger partial charge in [0.2, 0.25) is 11.9 Å². The second-order valence-electron chi connectivity index (χ2n) is 16.9. The molecular weight excluding hydrogens is 850 g/mol. The van der Waals surface area contributed by atoms with Gasteiger partial charge in [-0.25, -0.2) is 19.9 Å². The van der Waals surface area contributed by atoms with Crippen molar-refractivity contribution in [2.24, 2.45) is 33.8 Å². The maximum Gasteiger partial charge on any atom is 0.268 e. The molecule has 0 saturated carbocycles.